The zero-order valence-corrected chi connectivity index (χ0v) is 18.5. The third-order valence-corrected chi connectivity index (χ3v) is 5.05. The fourth-order valence-corrected chi connectivity index (χ4v) is 3.32. The van der Waals surface area contributed by atoms with Crippen molar-refractivity contribution in [2.75, 3.05) is 52.9 Å². The molecule has 9 heteroatoms. The van der Waals surface area contributed by atoms with E-state index in [1.54, 1.807) is 25.1 Å². The number of aliphatic imine (C=N–C) groups is 1. The normalized spacial score (nSPS) is 17.1. The first-order chi connectivity index (χ1) is 14.4. The minimum Gasteiger partial charge on any atom is -0.490 e. The van der Waals surface area contributed by atoms with Crippen molar-refractivity contribution in [3.8, 4) is 11.5 Å². The molecule has 0 radical (unpaired) electrons. The molecule has 1 unspecified atom stereocenters. The van der Waals surface area contributed by atoms with Crippen LogP contribution in [0.4, 0.5) is 8.78 Å². The summed E-state index contributed by atoms with van der Waals surface area (Å²) in [5.74, 6) is 0.982. The summed E-state index contributed by atoms with van der Waals surface area (Å²) in [6.45, 7) is 9.30. The fourth-order valence-electron chi connectivity index (χ4n) is 3.32. The molecule has 0 amide bonds. The maximum Gasteiger partial charge on any atom is 0.387 e. The number of hydrogen-bond acceptors (Lipinski definition) is 5. The topological polar surface area (TPSA) is 61.4 Å². The molecule has 0 bridgehead atoms. The van der Waals surface area contributed by atoms with Gasteiger partial charge >= 0.3 is 6.61 Å². The fraction of sp³-hybridized carbons (Fsp3) is 0.667. The van der Waals surface area contributed by atoms with Crippen molar-refractivity contribution in [2.45, 2.75) is 40.0 Å². The molecule has 1 aromatic rings. The number of likely N-dealkylation sites (N-methyl/N-ethyl adjacent to an activating group) is 1. The summed E-state index contributed by atoms with van der Waals surface area (Å²) in [4.78, 5) is 9.36. The van der Waals surface area contributed by atoms with Gasteiger partial charge < -0.3 is 25.0 Å². The van der Waals surface area contributed by atoms with Crippen LogP contribution in [0.2, 0.25) is 0 Å². The second-order valence-electron chi connectivity index (χ2n) is 7.32. The average Bonchev–Trinajstić information content (AvgIpc) is 2.72. The van der Waals surface area contributed by atoms with Gasteiger partial charge in [0.05, 0.1) is 13.2 Å². The minimum atomic E-state index is -2.93. The van der Waals surface area contributed by atoms with Gasteiger partial charge in [-0.1, -0.05) is 12.1 Å². The Balaban J connectivity index is 2.04. The maximum absolute atomic E-state index is 12.9. The van der Waals surface area contributed by atoms with E-state index in [2.05, 4.69) is 39.4 Å². The SMILES string of the molecule is CCNC(=NCc1cccc(OCC)c1OC(F)F)NCC(C)N1CCN(C)CC1. The van der Waals surface area contributed by atoms with Gasteiger partial charge in [-0.05, 0) is 33.9 Å². The lowest BCUT2D eigenvalue weighted by Crippen LogP contribution is -2.52. The van der Waals surface area contributed by atoms with Crippen LogP contribution in [0.1, 0.15) is 26.3 Å². The molecule has 2 rings (SSSR count). The molecule has 7 nitrogen and oxygen atoms in total. The van der Waals surface area contributed by atoms with E-state index in [0.29, 0.717) is 36.5 Å². The zero-order valence-electron chi connectivity index (χ0n) is 18.5. The second kappa shape index (κ2) is 12.5. The van der Waals surface area contributed by atoms with E-state index in [1.807, 2.05) is 6.92 Å². The highest BCUT2D eigenvalue weighted by Gasteiger charge is 2.19. The third-order valence-electron chi connectivity index (χ3n) is 5.05. The van der Waals surface area contributed by atoms with E-state index >= 15 is 0 Å². The molecule has 1 saturated heterocycles. The molecular formula is C21H35F2N5O2. The molecule has 0 spiro atoms. The van der Waals surface area contributed by atoms with Crippen LogP contribution in [0, 0.1) is 0 Å². The molecule has 1 aliphatic heterocycles. The Bertz CT molecular complexity index is 667. The van der Waals surface area contributed by atoms with Gasteiger partial charge in [-0.3, -0.25) is 4.90 Å². The molecule has 1 aromatic carbocycles. The Hall–Kier alpha value is -2.13. The van der Waals surface area contributed by atoms with Crippen LogP contribution in [-0.2, 0) is 6.54 Å². The minimum absolute atomic E-state index is 0.0414. The number of guanidine groups is 1. The van der Waals surface area contributed by atoms with Crippen molar-refractivity contribution in [1.82, 2.24) is 20.4 Å². The average molecular weight is 428 g/mol. The number of nitrogens with zero attached hydrogens (tertiary/aromatic N) is 3. The Morgan fingerprint density at radius 2 is 1.90 bits per heavy atom. The van der Waals surface area contributed by atoms with Crippen molar-refractivity contribution in [2.24, 2.45) is 4.99 Å². The monoisotopic (exact) mass is 427 g/mol. The van der Waals surface area contributed by atoms with Gasteiger partial charge in [-0.15, -0.1) is 0 Å². The van der Waals surface area contributed by atoms with Crippen LogP contribution in [0.3, 0.4) is 0 Å². The van der Waals surface area contributed by atoms with Crippen LogP contribution in [-0.4, -0.2) is 81.3 Å². The zero-order chi connectivity index (χ0) is 21.9. The van der Waals surface area contributed by atoms with Gasteiger partial charge in [0, 0.05) is 50.9 Å². The van der Waals surface area contributed by atoms with E-state index in [0.717, 1.165) is 32.7 Å². The number of alkyl halides is 2. The summed E-state index contributed by atoms with van der Waals surface area (Å²) in [6.07, 6.45) is 0. The molecule has 0 aromatic heterocycles. The molecule has 1 heterocycles. The van der Waals surface area contributed by atoms with E-state index in [9.17, 15) is 8.78 Å². The highest BCUT2D eigenvalue weighted by molar-refractivity contribution is 5.79. The van der Waals surface area contributed by atoms with E-state index in [-0.39, 0.29) is 12.3 Å². The van der Waals surface area contributed by atoms with Crippen LogP contribution < -0.4 is 20.1 Å². The number of rotatable bonds is 10. The predicted molar refractivity (Wildman–Crippen MR) is 116 cm³/mol. The summed E-state index contributed by atoms with van der Waals surface area (Å²) in [5, 5.41) is 6.57. The van der Waals surface area contributed by atoms with Crippen molar-refractivity contribution in [3.05, 3.63) is 23.8 Å². The number of halogens is 2. The lowest BCUT2D eigenvalue weighted by Gasteiger charge is -2.36. The van der Waals surface area contributed by atoms with Crippen molar-refractivity contribution in [3.63, 3.8) is 0 Å². The standard InChI is InChI=1S/C21H35F2N5O2/c1-5-24-21(25-14-16(3)28-12-10-27(4)11-13-28)26-15-17-8-7-9-18(29-6-2)19(17)30-20(22)23/h7-9,16,20H,5-6,10-15H2,1-4H3,(H2,24,25,26). The highest BCUT2D eigenvalue weighted by atomic mass is 19.3. The largest absolute Gasteiger partial charge is 0.490 e. The van der Waals surface area contributed by atoms with Crippen molar-refractivity contribution < 1.29 is 18.3 Å². The maximum atomic E-state index is 12.9. The second-order valence-corrected chi connectivity index (χ2v) is 7.32. The molecule has 0 saturated carbocycles. The number of hydrogen-bond donors (Lipinski definition) is 2. The molecule has 30 heavy (non-hydrogen) atoms. The smallest absolute Gasteiger partial charge is 0.387 e. The first kappa shape index (κ1) is 24.1. The van der Waals surface area contributed by atoms with E-state index < -0.39 is 6.61 Å². The summed E-state index contributed by atoms with van der Waals surface area (Å²) >= 11 is 0. The van der Waals surface area contributed by atoms with Gasteiger partial charge in [-0.25, -0.2) is 4.99 Å². The first-order valence-electron chi connectivity index (χ1n) is 10.6. The molecule has 1 aliphatic rings. The van der Waals surface area contributed by atoms with Crippen LogP contribution >= 0.6 is 0 Å². The van der Waals surface area contributed by atoms with Crippen LogP contribution in [0.15, 0.2) is 23.2 Å². The lowest BCUT2D eigenvalue weighted by molar-refractivity contribution is -0.0520. The summed E-state index contributed by atoms with van der Waals surface area (Å²) in [5.41, 5.74) is 0.547. The van der Waals surface area contributed by atoms with Crippen LogP contribution in [0.5, 0.6) is 11.5 Å². The predicted octanol–water partition coefficient (Wildman–Crippen LogP) is 2.38. The number of benzene rings is 1. The van der Waals surface area contributed by atoms with Crippen molar-refractivity contribution >= 4 is 5.96 Å². The van der Waals surface area contributed by atoms with Crippen LogP contribution in [0.25, 0.3) is 0 Å². The summed E-state index contributed by atoms with van der Waals surface area (Å²) in [7, 11) is 2.14. The molecule has 1 atom stereocenters. The van der Waals surface area contributed by atoms with E-state index in [1.165, 1.54) is 0 Å². The Labute approximate surface area is 178 Å². The Morgan fingerprint density at radius 3 is 2.53 bits per heavy atom. The van der Waals surface area contributed by atoms with Gasteiger partial charge in [-0.2, -0.15) is 8.78 Å². The van der Waals surface area contributed by atoms with Crippen molar-refractivity contribution in [1.29, 1.82) is 0 Å². The number of nitrogens with one attached hydrogen (secondary N) is 2. The third kappa shape index (κ3) is 7.60. The molecule has 170 valence electrons. The lowest BCUT2D eigenvalue weighted by atomic mass is 10.2. The molecular weight excluding hydrogens is 392 g/mol. The Kier molecular flexibility index (Phi) is 10.1. The number of para-hydroxylation sites is 1. The quantitative estimate of drug-likeness (QED) is 0.442. The first-order valence-corrected chi connectivity index (χ1v) is 10.6. The highest BCUT2D eigenvalue weighted by Crippen LogP contribution is 2.33. The van der Waals surface area contributed by atoms with Gasteiger partial charge in [0.15, 0.2) is 17.5 Å². The number of ether oxygens (including phenoxy) is 2. The summed E-state index contributed by atoms with van der Waals surface area (Å²) < 4.78 is 36.0. The van der Waals surface area contributed by atoms with E-state index in [4.69, 9.17) is 9.47 Å². The molecule has 0 aliphatic carbocycles. The molecule has 1 fully saturated rings. The van der Waals surface area contributed by atoms with Gasteiger partial charge in [0.2, 0.25) is 0 Å². The molecule has 2 N–H and O–H groups in total. The van der Waals surface area contributed by atoms with Gasteiger partial charge in [0.25, 0.3) is 0 Å². The Morgan fingerprint density at radius 1 is 1.17 bits per heavy atom. The summed E-state index contributed by atoms with van der Waals surface area (Å²) in [6, 6.07) is 5.46. The van der Waals surface area contributed by atoms with Gasteiger partial charge in [0.1, 0.15) is 0 Å². The number of piperazine rings is 1.